The Balaban J connectivity index is 2.11. The largest absolute Gasteiger partial charge is 0.481 e. The first kappa shape index (κ1) is 16.3. The molecule has 0 aromatic heterocycles. The number of aryl methyl sites for hydroxylation is 1. The van der Waals surface area contributed by atoms with Crippen molar-refractivity contribution < 1.29 is 18.3 Å². The summed E-state index contributed by atoms with van der Waals surface area (Å²) < 4.78 is 26.5. The van der Waals surface area contributed by atoms with Gasteiger partial charge in [-0.1, -0.05) is 12.1 Å². The van der Waals surface area contributed by atoms with Crippen molar-refractivity contribution in [1.29, 1.82) is 0 Å². The first-order chi connectivity index (χ1) is 9.91. The molecule has 0 aliphatic carbocycles. The molecule has 116 valence electrons. The molecule has 5 nitrogen and oxygen atoms in total. The molecule has 1 aliphatic rings. The van der Waals surface area contributed by atoms with E-state index in [1.54, 1.807) is 43.1 Å². The highest BCUT2D eigenvalue weighted by Gasteiger charge is 2.30. The standard InChI is InChI=1S/C14H19NO4S2/c1-15(12-8-9-20-10-12)21(18,19)13-5-2-11(3-6-13)4-7-14(16)17/h2-3,5-6,12H,4,7-10H2,1H3,(H,16,17). The van der Waals surface area contributed by atoms with Crippen molar-refractivity contribution in [1.82, 2.24) is 4.31 Å². The molecule has 7 heteroatoms. The van der Waals surface area contributed by atoms with Crippen LogP contribution in [0.1, 0.15) is 18.4 Å². The minimum atomic E-state index is -3.47. The Morgan fingerprint density at radius 1 is 1.38 bits per heavy atom. The Labute approximate surface area is 129 Å². The minimum Gasteiger partial charge on any atom is -0.481 e. The van der Waals surface area contributed by atoms with Crippen molar-refractivity contribution in [2.45, 2.75) is 30.2 Å². The molecule has 1 unspecified atom stereocenters. The van der Waals surface area contributed by atoms with Crippen LogP contribution in [0, 0.1) is 0 Å². The average molecular weight is 329 g/mol. The summed E-state index contributed by atoms with van der Waals surface area (Å²) in [6.07, 6.45) is 1.34. The van der Waals surface area contributed by atoms with Crippen LogP contribution in [-0.4, -0.2) is 48.4 Å². The number of sulfonamides is 1. The fourth-order valence-electron chi connectivity index (χ4n) is 2.25. The van der Waals surface area contributed by atoms with Gasteiger partial charge in [0.2, 0.25) is 10.0 Å². The Kier molecular flexibility index (Phi) is 5.29. The van der Waals surface area contributed by atoms with E-state index in [-0.39, 0.29) is 17.4 Å². The molecule has 1 fully saturated rings. The van der Waals surface area contributed by atoms with Gasteiger partial charge in [-0.15, -0.1) is 0 Å². The lowest BCUT2D eigenvalue weighted by molar-refractivity contribution is -0.136. The van der Waals surface area contributed by atoms with Crippen LogP contribution in [0.5, 0.6) is 0 Å². The number of aliphatic carboxylic acids is 1. The van der Waals surface area contributed by atoms with E-state index < -0.39 is 16.0 Å². The van der Waals surface area contributed by atoms with Crippen LogP contribution in [0.4, 0.5) is 0 Å². The number of hydrogen-bond acceptors (Lipinski definition) is 4. The van der Waals surface area contributed by atoms with E-state index in [2.05, 4.69) is 0 Å². The second kappa shape index (κ2) is 6.81. The van der Waals surface area contributed by atoms with Gasteiger partial charge in [-0.3, -0.25) is 4.79 Å². The van der Waals surface area contributed by atoms with E-state index >= 15 is 0 Å². The maximum absolute atomic E-state index is 12.5. The predicted octanol–water partition coefficient (Wildman–Crippen LogP) is 1.83. The van der Waals surface area contributed by atoms with E-state index in [4.69, 9.17) is 5.11 Å². The molecule has 21 heavy (non-hydrogen) atoms. The third-order valence-corrected chi connectivity index (χ3v) is 6.72. The lowest BCUT2D eigenvalue weighted by Gasteiger charge is -2.23. The van der Waals surface area contributed by atoms with Crippen LogP contribution in [0.15, 0.2) is 29.2 Å². The number of thioether (sulfide) groups is 1. The predicted molar refractivity (Wildman–Crippen MR) is 83.1 cm³/mol. The Bertz CT molecular complexity index is 592. The van der Waals surface area contributed by atoms with Gasteiger partial charge in [0, 0.05) is 25.3 Å². The smallest absolute Gasteiger partial charge is 0.303 e. The molecule has 0 saturated carbocycles. The highest BCUT2D eigenvalue weighted by atomic mass is 32.2. The fraction of sp³-hybridized carbons (Fsp3) is 0.500. The number of nitrogens with zero attached hydrogens (tertiary/aromatic N) is 1. The van der Waals surface area contributed by atoms with Gasteiger partial charge in [0.1, 0.15) is 0 Å². The van der Waals surface area contributed by atoms with Crippen LogP contribution in [0.3, 0.4) is 0 Å². The second-order valence-electron chi connectivity index (χ2n) is 5.08. The van der Waals surface area contributed by atoms with Crippen molar-refractivity contribution in [2.75, 3.05) is 18.6 Å². The summed E-state index contributed by atoms with van der Waals surface area (Å²) in [5.74, 6) is 0.982. The monoisotopic (exact) mass is 329 g/mol. The van der Waals surface area contributed by atoms with Crippen molar-refractivity contribution in [3.05, 3.63) is 29.8 Å². The molecular formula is C14H19NO4S2. The number of hydrogen-bond donors (Lipinski definition) is 1. The number of carboxylic acid groups (broad SMARTS) is 1. The van der Waals surface area contributed by atoms with Gasteiger partial charge >= 0.3 is 5.97 Å². The van der Waals surface area contributed by atoms with E-state index in [9.17, 15) is 13.2 Å². The zero-order chi connectivity index (χ0) is 15.5. The number of carbonyl (C=O) groups is 1. The summed E-state index contributed by atoms with van der Waals surface area (Å²) in [6.45, 7) is 0. The molecule has 0 spiro atoms. The highest BCUT2D eigenvalue weighted by molar-refractivity contribution is 7.99. The number of rotatable bonds is 6. The minimum absolute atomic E-state index is 0.0469. The molecule has 2 rings (SSSR count). The van der Waals surface area contributed by atoms with Gasteiger partial charge in [-0.25, -0.2) is 8.42 Å². The van der Waals surface area contributed by atoms with Crippen molar-refractivity contribution in [2.24, 2.45) is 0 Å². The molecule has 1 aliphatic heterocycles. The molecule has 1 heterocycles. The molecule has 1 aromatic rings. The normalized spacial score (nSPS) is 19.0. The van der Waals surface area contributed by atoms with Gasteiger partial charge in [-0.2, -0.15) is 16.1 Å². The summed E-state index contributed by atoms with van der Waals surface area (Å²) in [7, 11) is -1.84. The number of benzene rings is 1. The molecule has 1 N–H and O–H groups in total. The van der Waals surface area contributed by atoms with Gasteiger partial charge in [0.25, 0.3) is 0 Å². The van der Waals surface area contributed by atoms with Crippen molar-refractivity contribution in [3.8, 4) is 0 Å². The summed E-state index contributed by atoms with van der Waals surface area (Å²) >= 11 is 1.77. The Morgan fingerprint density at radius 3 is 2.57 bits per heavy atom. The number of carboxylic acids is 1. The van der Waals surface area contributed by atoms with Gasteiger partial charge in [0.15, 0.2) is 0 Å². The average Bonchev–Trinajstić information content (AvgIpc) is 2.98. The summed E-state index contributed by atoms with van der Waals surface area (Å²) in [6, 6.07) is 6.56. The Morgan fingerprint density at radius 2 is 2.05 bits per heavy atom. The van der Waals surface area contributed by atoms with Crippen LogP contribution < -0.4 is 0 Å². The lowest BCUT2D eigenvalue weighted by atomic mass is 10.1. The van der Waals surface area contributed by atoms with Crippen LogP contribution in [-0.2, 0) is 21.2 Å². The van der Waals surface area contributed by atoms with Crippen LogP contribution >= 0.6 is 11.8 Å². The second-order valence-corrected chi connectivity index (χ2v) is 8.22. The maximum Gasteiger partial charge on any atom is 0.303 e. The van der Waals surface area contributed by atoms with Gasteiger partial charge in [-0.05, 0) is 36.3 Å². The van der Waals surface area contributed by atoms with Crippen molar-refractivity contribution >= 4 is 27.8 Å². The van der Waals surface area contributed by atoms with Crippen LogP contribution in [0.25, 0.3) is 0 Å². The highest BCUT2D eigenvalue weighted by Crippen LogP contribution is 2.26. The van der Waals surface area contributed by atoms with E-state index in [0.29, 0.717) is 6.42 Å². The summed E-state index contributed by atoms with van der Waals surface area (Å²) in [4.78, 5) is 10.8. The first-order valence-electron chi connectivity index (χ1n) is 6.78. The summed E-state index contributed by atoms with van der Waals surface area (Å²) in [5, 5.41) is 8.65. The third kappa shape index (κ3) is 3.99. The lowest BCUT2D eigenvalue weighted by Crippen LogP contribution is -2.36. The fourth-order valence-corrected chi connectivity index (χ4v) is 5.00. The SMILES string of the molecule is CN(C1CCSC1)S(=O)(=O)c1ccc(CCC(=O)O)cc1. The molecule has 0 amide bonds. The summed E-state index contributed by atoms with van der Waals surface area (Å²) in [5.41, 5.74) is 0.829. The van der Waals surface area contributed by atoms with E-state index in [1.165, 1.54) is 4.31 Å². The van der Waals surface area contributed by atoms with E-state index in [1.807, 2.05) is 0 Å². The molecule has 1 atom stereocenters. The first-order valence-corrected chi connectivity index (χ1v) is 9.37. The molecule has 1 saturated heterocycles. The third-order valence-electron chi connectivity index (χ3n) is 3.65. The molecule has 1 aromatic carbocycles. The van der Waals surface area contributed by atoms with Gasteiger partial charge in [0.05, 0.1) is 4.90 Å². The Hall–Kier alpha value is -1.05. The van der Waals surface area contributed by atoms with Gasteiger partial charge < -0.3 is 5.11 Å². The molecule has 0 bridgehead atoms. The van der Waals surface area contributed by atoms with Crippen LogP contribution in [0.2, 0.25) is 0 Å². The molecule has 0 radical (unpaired) electrons. The zero-order valence-electron chi connectivity index (χ0n) is 11.9. The van der Waals surface area contributed by atoms with Crippen molar-refractivity contribution in [3.63, 3.8) is 0 Å². The zero-order valence-corrected chi connectivity index (χ0v) is 13.5. The quantitative estimate of drug-likeness (QED) is 0.862. The van der Waals surface area contributed by atoms with E-state index in [0.717, 1.165) is 23.5 Å². The topological polar surface area (TPSA) is 74.7 Å². The molecular weight excluding hydrogens is 310 g/mol. The maximum atomic E-state index is 12.5.